The Balaban J connectivity index is 1.82. The predicted molar refractivity (Wildman–Crippen MR) is 111 cm³/mol. The second kappa shape index (κ2) is 9.34. The van der Waals surface area contributed by atoms with E-state index in [1.165, 1.54) is 0 Å². The topological polar surface area (TPSA) is 84.5 Å². The first-order valence-electron chi connectivity index (χ1n) is 9.40. The SMILES string of the molecule is COCCN(Cc1nc2ccccc2c(=O)[nH]1)C(=O)Cc1ccc(C)c(OC)c1. The summed E-state index contributed by atoms with van der Waals surface area (Å²) in [4.78, 5) is 34.2. The molecule has 0 atom stereocenters. The number of ether oxygens (including phenoxy) is 2. The van der Waals surface area contributed by atoms with E-state index in [2.05, 4.69) is 9.97 Å². The molecule has 7 nitrogen and oxygen atoms in total. The molecule has 152 valence electrons. The molecule has 1 aromatic heterocycles. The van der Waals surface area contributed by atoms with E-state index < -0.39 is 0 Å². The summed E-state index contributed by atoms with van der Waals surface area (Å²) < 4.78 is 10.5. The number of para-hydroxylation sites is 1. The van der Waals surface area contributed by atoms with Gasteiger partial charge in [-0.2, -0.15) is 0 Å². The van der Waals surface area contributed by atoms with E-state index in [0.717, 1.165) is 16.9 Å². The number of methoxy groups -OCH3 is 2. The Kier molecular flexibility index (Phi) is 6.61. The molecule has 3 aromatic rings. The number of carbonyl (C=O) groups is 1. The maximum Gasteiger partial charge on any atom is 0.258 e. The third-order valence-corrected chi connectivity index (χ3v) is 4.75. The van der Waals surface area contributed by atoms with Crippen LogP contribution in [-0.4, -0.2) is 48.1 Å². The minimum atomic E-state index is -0.215. The molecule has 0 saturated heterocycles. The van der Waals surface area contributed by atoms with Crippen LogP contribution in [0, 0.1) is 6.92 Å². The Morgan fingerprint density at radius 3 is 2.72 bits per heavy atom. The van der Waals surface area contributed by atoms with Crippen molar-refractivity contribution in [1.29, 1.82) is 0 Å². The minimum absolute atomic E-state index is 0.0798. The van der Waals surface area contributed by atoms with Crippen molar-refractivity contribution in [1.82, 2.24) is 14.9 Å². The van der Waals surface area contributed by atoms with Crippen molar-refractivity contribution in [3.05, 3.63) is 69.8 Å². The van der Waals surface area contributed by atoms with Crippen LogP contribution in [0.25, 0.3) is 10.9 Å². The van der Waals surface area contributed by atoms with Gasteiger partial charge in [0.25, 0.3) is 5.56 Å². The Hall–Kier alpha value is -3.19. The van der Waals surface area contributed by atoms with Crippen molar-refractivity contribution in [2.75, 3.05) is 27.4 Å². The third kappa shape index (κ3) is 5.00. The molecule has 1 heterocycles. The number of aryl methyl sites for hydroxylation is 1. The molecule has 0 spiro atoms. The summed E-state index contributed by atoms with van der Waals surface area (Å²) >= 11 is 0. The number of benzene rings is 2. The van der Waals surface area contributed by atoms with Gasteiger partial charge in [-0.25, -0.2) is 4.98 Å². The maximum atomic E-state index is 13.0. The van der Waals surface area contributed by atoms with Gasteiger partial charge in [0.05, 0.1) is 37.6 Å². The van der Waals surface area contributed by atoms with Crippen LogP contribution in [-0.2, 0) is 22.5 Å². The summed E-state index contributed by atoms with van der Waals surface area (Å²) in [6.45, 7) is 2.94. The number of carbonyl (C=O) groups excluding carboxylic acids is 1. The lowest BCUT2D eigenvalue weighted by Gasteiger charge is -2.22. The molecular formula is C22H25N3O4. The van der Waals surface area contributed by atoms with Crippen LogP contribution in [0.4, 0.5) is 0 Å². The maximum absolute atomic E-state index is 13.0. The molecule has 1 N–H and O–H groups in total. The molecular weight excluding hydrogens is 370 g/mol. The van der Waals surface area contributed by atoms with Crippen molar-refractivity contribution in [3.63, 3.8) is 0 Å². The number of aromatic amines is 1. The number of hydrogen-bond donors (Lipinski definition) is 1. The standard InChI is InChI=1S/C22H25N3O4/c1-15-8-9-16(12-19(15)29-3)13-21(26)25(10-11-28-2)14-20-23-18-7-5-4-6-17(18)22(27)24-20/h4-9,12H,10-11,13-14H2,1-3H3,(H,23,24,27). The number of hydrogen-bond acceptors (Lipinski definition) is 5. The first-order valence-corrected chi connectivity index (χ1v) is 9.40. The fourth-order valence-corrected chi connectivity index (χ4v) is 3.14. The lowest BCUT2D eigenvalue weighted by molar-refractivity contribution is -0.131. The summed E-state index contributed by atoms with van der Waals surface area (Å²) in [5.41, 5.74) is 2.26. The molecule has 3 rings (SSSR count). The van der Waals surface area contributed by atoms with Crippen LogP contribution in [0.15, 0.2) is 47.3 Å². The highest BCUT2D eigenvalue weighted by atomic mass is 16.5. The molecule has 29 heavy (non-hydrogen) atoms. The number of nitrogens with zero attached hydrogens (tertiary/aromatic N) is 2. The van der Waals surface area contributed by atoms with E-state index in [1.807, 2.05) is 31.2 Å². The second-order valence-corrected chi connectivity index (χ2v) is 6.82. The van der Waals surface area contributed by atoms with Crippen LogP contribution in [0.3, 0.4) is 0 Å². The van der Waals surface area contributed by atoms with Gasteiger partial charge in [0.1, 0.15) is 11.6 Å². The van der Waals surface area contributed by atoms with Gasteiger partial charge in [-0.05, 0) is 36.2 Å². The number of nitrogens with one attached hydrogen (secondary N) is 1. The second-order valence-electron chi connectivity index (χ2n) is 6.82. The van der Waals surface area contributed by atoms with E-state index in [0.29, 0.717) is 29.9 Å². The minimum Gasteiger partial charge on any atom is -0.496 e. The van der Waals surface area contributed by atoms with Gasteiger partial charge in [-0.15, -0.1) is 0 Å². The van der Waals surface area contributed by atoms with Gasteiger partial charge < -0.3 is 19.4 Å². The number of rotatable bonds is 8. The third-order valence-electron chi connectivity index (χ3n) is 4.75. The summed E-state index contributed by atoms with van der Waals surface area (Å²) in [5, 5.41) is 0.526. The van der Waals surface area contributed by atoms with Gasteiger partial charge in [-0.3, -0.25) is 9.59 Å². The zero-order valence-electron chi connectivity index (χ0n) is 16.9. The fraction of sp³-hybridized carbons (Fsp3) is 0.318. The fourth-order valence-electron chi connectivity index (χ4n) is 3.14. The number of amides is 1. The van der Waals surface area contributed by atoms with Gasteiger partial charge in [0, 0.05) is 13.7 Å². The Labute approximate surface area is 169 Å². The predicted octanol–water partition coefficient (Wildman–Crippen LogP) is 2.46. The van der Waals surface area contributed by atoms with Gasteiger partial charge in [0.15, 0.2) is 0 Å². The number of H-pyrrole nitrogens is 1. The number of fused-ring (bicyclic) bond motifs is 1. The average molecular weight is 395 g/mol. The van der Waals surface area contributed by atoms with Crippen molar-refractivity contribution >= 4 is 16.8 Å². The van der Waals surface area contributed by atoms with E-state index in [1.54, 1.807) is 37.3 Å². The Morgan fingerprint density at radius 2 is 1.97 bits per heavy atom. The molecule has 0 radical (unpaired) electrons. The van der Waals surface area contributed by atoms with Crippen LogP contribution < -0.4 is 10.3 Å². The first kappa shape index (κ1) is 20.5. The lowest BCUT2D eigenvalue weighted by Crippen LogP contribution is -2.35. The van der Waals surface area contributed by atoms with Gasteiger partial charge >= 0.3 is 0 Å². The molecule has 1 amide bonds. The van der Waals surface area contributed by atoms with E-state index in [9.17, 15) is 9.59 Å². The van der Waals surface area contributed by atoms with Gasteiger partial charge in [-0.1, -0.05) is 24.3 Å². The van der Waals surface area contributed by atoms with Crippen molar-refractivity contribution in [2.45, 2.75) is 19.9 Å². The summed E-state index contributed by atoms with van der Waals surface area (Å²) in [6, 6.07) is 12.9. The molecule has 0 fully saturated rings. The average Bonchev–Trinajstić information content (AvgIpc) is 2.72. The van der Waals surface area contributed by atoms with E-state index in [4.69, 9.17) is 9.47 Å². The van der Waals surface area contributed by atoms with Crippen molar-refractivity contribution in [3.8, 4) is 5.75 Å². The zero-order chi connectivity index (χ0) is 20.8. The molecule has 0 saturated carbocycles. The van der Waals surface area contributed by atoms with Crippen LogP contribution >= 0.6 is 0 Å². The highest BCUT2D eigenvalue weighted by Gasteiger charge is 2.17. The molecule has 7 heteroatoms. The molecule has 2 aromatic carbocycles. The van der Waals surface area contributed by atoms with Crippen LogP contribution in [0.5, 0.6) is 5.75 Å². The van der Waals surface area contributed by atoms with Crippen LogP contribution in [0.1, 0.15) is 17.0 Å². The summed E-state index contributed by atoms with van der Waals surface area (Å²) in [5.74, 6) is 1.11. The van der Waals surface area contributed by atoms with E-state index >= 15 is 0 Å². The molecule has 0 bridgehead atoms. The molecule has 0 unspecified atom stereocenters. The largest absolute Gasteiger partial charge is 0.496 e. The molecule has 0 aliphatic carbocycles. The smallest absolute Gasteiger partial charge is 0.258 e. The summed E-state index contributed by atoms with van der Waals surface area (Å²) in [6.07, 6.45) is 0.220. The van der Waals surface area contributed by atoms with Crippen molar-refractivity contribution in [2.24, 2.45) is 0 Å². The Bertz CT molecular complexity index is 1060. The monoisotopic (exact) mass is 395 g/mol. The quantitative estimate of drug-likeness (QED) is 0.633. The number of aromatic nitrogens is 2. The van der Waals surface area contributed by atoms with Crippen LogP contribution in [0.2, 0.25) is 0 Å². The van der Waals surface area contributed by atoms with E-state index in [-0.39, 0.29) is 24.4 Å². The lowest BCUT2D eigenvalue weighted by atomic mass is 10.1. The molecule has 0 aliphatic heterocycles. The zero-order valence-corrected chi connectivity index (χ0v) is 16.9. The highest BCUT2D eigenvalue weighted by Crippen LogP contribution is 2.20. The molecule has 0 aliphatic rings. The Morgan fingerprint density at radius 1 is 1.17 bits per heavy atom. The summed E-state index contributed by atoms with van der Waals surface area (Å²) in [7, 11) is 3.20. The normalized spacial score (nSPS) is 10.9. The first-order chi connectivity index (χ1) is 14.0. The highest BCUT2D eigenvalue weighted by molar-refractivity contribution is 5.79. The van der Waals surface area contributed by atoms with Gasteiger partial charge in [0.2, 0.25) is 5.91 Å². The van der Waals surface area contributed by atoms with Crippen molar-refractivity contribution < 1.29 is 14.3 Å².